The highest BCUT2D eigenvalue weighted by Crippen LogP contribution is 2.37. The van der Waals surface area contributed by atoms with Gasteiger partial charge in [0.2, 0.25) is 0 Å². The first-order chi connectivity index (χ1) is 8.61. The molecule has 1 N–H and O–H groups in total. The van der Waals surface area contributed by atoms with Crippen LogP contribution in [0.3, 0.4) is 0 Å². The maximum Gasteiger partial charge on any atom is 0.0423 e. The van der Waals surface area contributed by atoms with Crippen LogP contribution < -0.4 is 5.32 Å². The monoisotopic (exact) mass is 246 g/mol. The van der Waals surface area contributed by atoms with Crippen molar-refractivity contribution in [2.45, 2.75) is 52.5 Å². The minimum atomic E-state index is 0.477. The fourth-order valence-corrected chi connectivity index (χ4v) is 3.29. The molecule has 0 spiro atoms. The largest absolute Gasteiger partial charge is 0.313 e. The fourth-order valence-electron chi connectivity index (χ4n) is 3.29. The fraction of sp³-hybridized carbons (Fsp3) is 0.688. The van der Waals surface area contributed by atoms with Gasteiger partial charge in [0.25, 0.3) is 0 Å². The summed E-state index contributed by atoms with van der Waals surface area (Å²) in [5.41, 5.74) is 3.69. The van der Waals surface area contributed by atoms with E-state index in [0.717, 1.165) is 17.5 Å². The summed E-state index contributed by atoms with van der Waals surface area (Å²) < 4.78 is 0. The van der Waals surface area contributed by atoms with Crippen molar-refractivity contribution in [1.29, 1.82) is 0 Å². The standard InChI is InChI=1S/C16H26N2/c1-11-5-8-14(9-6-11)16(17-4)15-10-7-12(2)18-13(15)3/h7,10-11,14,16-17H,5-6,8-9H2,1-4H3. The highest BCUT2D eigenvalue weighted by molar-refractivity contribution is 5.25. The molecule has 0 saturated heterocycles. The zero-order chi connectivity index (χ0) is 13.1. The zero-order valence-corrected chi connectivity index (χ0v) is 12.2. The van der Waals surface area contributed by atoms with Crippen molar-refractivity contribution >= 4 is 0 Å². The lowest BCUT2D eigenvalue weighted by atomic mass is 9.77. The summed E-state index contributed by atoms with van der Waals surface area (Å²) in [5.74, 6) is 1.69. The van der Waals surface area contributed by atoms with E-state index in [4.69, 9.17) is 0 Å². The number of aromatic nitrogens is 1. The smallest absolute Gasteiger partial charge is 0.0423 e. The lowest BCUT2D eigenvalue weighted by Crippen LogP contribution is -2.29. The summed E-state index contributed by atoms with van der Waals surface area (Å²) in [6.07, 6.45) is 5.45. The van der Waals surface area contributed by atoms with E-state index in [9.17, 15) is 0 Å². The molecule has 100 valence electrons. The van der Waals surface area contributed by atoms with Gasteiger partial charge in [-0.2, -0.15) is 0 Å². The van der Waals surface area contributed by atoms with E-state index in [1.54, 1.807) is 0 Å². The van der Waals surface area contributed by atoms with Crippen molar-refractivity contribution in [3.05, 3.63) is 29.1 Å². The molecule has 1 unspecified atom stereocenters. The second-order valence-corrected chi connectivity index (χ2v) is 5.91. The highest BCUT2D eigenvalue weighted by atomic mass is 14.9. The van der Waals surface area contributed by atoms with E-state index < -0.39 is 0 Å². The maximum absolute atomic E-state index is 4.61. The van der Waals surface area contributed by atoms with Gasteiger partial charge in [-0.1, -0.05) is 25.8 Å². The van der Waals surface area contributed by atoms with Crippen LogP contribution in [-0.2, 0) is 0 Å². The Morgan fingerprint density at radius 1 is 1.17 bits per heavy atom. The van der Waals surface area contributed by atoms with Crippen LogP contribution in [0.4, 0.5) is 0 Å². The Morgan fingerprint density at radius 3 is 2.39 bits per heavy atom. The summed E-state index contributed by atoms with van der Waals surface area (Å²) in [7, 11) is 2.09. The summed E-state index contributed by atoms with van der Waals surface area (Å²) >= 11 is 0. The molecule has 2 heteroatoms. The summed E-state index contributed by atoms with van der Waals surface area (Å²) in [6, 6.07) is 4.88. The molecular weight excluding hydrogens is 220 g/mol. The third kappa shape index (κ3) is 2.92. The molecule has 1 aliphatic carbocycles. The Hall–Kier alpha value is -0.890. The van der Waals surface area contributed by atoms with Gasteiger partial charge in [0.05, 0.1) is 0 Å². The van der Waals surface area contributed by atoms with Gasteiger partial charge in [-0.25, -0.2) is 0 Å². The third-order valence-electron chi connectivity index (χ3n) is 4.44. The minimum Gasteiger partial charge on any atom is -0.313 e. The van der Waals surface area contributed by atoms with Crippen LogP contribution in [0.1, 0.15) is 55.6 Å². The molecule has 0 amide bonds. The number of nitrogens with one attached hydrogen (secondary N) is 1. The molecule has 18 heavy (non-hydrogen) atoms. The van der Waals surface area contributed by atoms with Crippen LogP contribution in [0.5, 0.6) is 0 Å². The van der Waals surface area contributed by atoms with E-state index in [-0.39, 0.29) is 0 Å². The van der Waals surface area contributed by atoms with Gasteiger partial charge in [0.1, 0.15) is 0 Å². The van der Waals surface area contributed by atoms with Gasteiger partial charge in [-0.15, -0.1) is 0 Å². The van der Waals surface area contributed by atoms with Crippen molar-refractivity contribution in [3.8, 4) is 0 Å². The van der Waals surface area contributed by atoms with E-state index in [1.807, 2.05) is 0 Å². The molecule has 0 radical (unpaired) electrons. The third-order valence-corrected chi connectivity index (χ3v) is 4.44. The molecule has 1 aromatic heterocycles. The lowest BCUT2D eigenvalue weighted by Gasteiger charge is -2.33. The van der Waals surface area contributed by atoms with Crippen LogP contribution >= 0.6 is 0 Å². The second-order valence-electron chi connectivity index (χ2n) is 5.91. The Balaban J connectivity index is 2.17. The van der Waals surface area contributed by atoms with Crippen LogP contribution in [0.25, 0.3) is 0 Å². The Bertz CT molecular complexity index is 392. The molecular formula is C16H26N2. The van der Waals surface area contributed by atoms with E-state index >= 15 is 0 Å². The first-order valence-corrected chi connectivity index (χ1v) is 7.23. The maximum atomic E-state index is 4.61. The molecule has 0 aromatic carbocycles. The Kier molecular flexibility index (Phi) is 4.39. The van der Waals surface area contributed by atoms with Crippen molar-refractivity contribution in [3.63, 3.8) is 0 Å². The van der Waals surface area contributed by atoms with Gasteiger partial charge in [0.15, 0.2) is 0 Å². The summed E-state index contributed by atoms with van der Waals surface area (Å²) in [4.78, 5) is 4.61. The predicted molar refractivity (Wildman–Crippen MR) is 76.6 cm³/mol. The molecule has 2 rings (SSSR count). The van der Waals surface area contributed by atoms with E-state index in [0.29, 0.717) is 6.04 Å². The Labute approximate surface area is 111 Å². The van der Waals surface area contributed by atoms with Gasteiger partial charge in [-0.3, -0.25) is 4.98 Å². The van der Waals surface area contributed by atoms with Gasteiger partial charge in [-0.05, 0) is 57.2 Å². The zero-order valence-electron chi connectivity index (χ0n) is 12.2. The van der Waals surface area contributed by atoms with Crippen LogP contribution in [0.2, 0.25) is 0 Å². The van der Waals surface area contributed by atoms with Crippen molar-refractivity contribution in [2.24, 2.45) is 11.8 Å². The summed E-state index contributed by atoms with van der Waals surface area (Å²) in [6.45, 7) is 6.58. The summed E-state index contributed by atoms with van der Waals surface area (Å²) in [5, 5.41) is 3.52. The molecule has 0 bridgehead atoms. The van der Waals surface area contributed by atoms with Crippen LogP contribution in [-0.4, -0.2) is 12.0 Å². The number of rotatable bonds is 3. The number of nitrogens with zero attached hydrogens (tertiary/aromatic N) is 1. The van der Waals surface area contributed by atoms with Gasteiger partial charge >= 0.3 is 0 Å². The first-order valence-electron chi connectivity index (χ1n) is 7.23. The minimum absolute atomic E-state index is 0.477. The average Bonchev–Trinajstić information content (AvgIpc) is 2.35. The van der Waals surface area contributed by atoms with E-state index in [1.165, 1.54) is 36.9 Å². The second kappa shape index (κ2) is 5.83. The number of aryl methyl sites for hydroxylation is 2. The van der Waals surface area contributed by atoms with Crippen molar-refractivity contribution < 1.29 is 0 Å². The highest BCUT2D eigenvalue weighted by Gasteiger charge is 2.27. The van der Waals surface area contributed by atoms with Crippen LogP contribution in [0, 0.1) is 25.7 Å². The van der Waals surface area contributed by atoms with Gasteiger partial charge in [0, 0.05) is 17.4 Å². The SMILES string of the molecule is CNC(c1ccc(C)nc1C)C1CCC(C)CC1. The molecule has 1 atom stereocenters. The quantitative estimate of drug-likeness (QED) is 0.878. The topological polar surface area (TPSA) is 24.9 Å². The van der Waals surface area contributed by atoms with Crippen molar-refractivity contribution in [1.82, 2.24) is 10.3 Å². The normalized spacial score (nSPS) is 26.0. The van der Waals surface area contributed by atoms with Crippen LogP contribution in [0.15, 0.2) is 12.1 Å². The molecule has 1 saturated carbocycles. The van der Waals surface area contributed by atoms with Gasteiger partial charge < -0.3 is 5.32 Å². The number of hydrogen-bond acceptors (Lipinski definition) is 2. The molecule has 2 nitrogen and oxygen atoms in total. The molecule has 1 heterocycles. The molecule has 1 aliphatic rings. The van der Waals surface area contributed by atoms with E-state index in [2.05, 4.69) is 50.3 Å². The number of hydrogen-bond donors (Lipinski definition) is 1. The Morgan fingerprint density at radius 2 is 1.83 bits per heavy atom. The molecule has 0 aliphatic heterocycles. The molecule has 1 aromatic rings. The number of pyridine rings is 1. The lowest BCUT2D eigenvalue weighted by molar-refractivity contribution is 0.237. The first kappa shape index (κ1) is 13.5. The average molecular weight is 246 g/mol. The predicted octanol–water partition coefficient (Wildman–Crippen LogP) is 3.79. The van der Waals surface area contributed by atoms with Crippen molar-refractivity contribution in [2.75, 3.05) is 7.05 Å². The molecule has 1 fully saturated rings.